The van der Waals surface area contributed by atoms with E-state index in [1.54, 1.807) is 11.8 Å². The molecule has 3 fully saturated rings. The number of nitrogens with one attached hydrogen (secondary N) is 4. The molecule has 3 aliphatic rings. The molecule has 2 aliphatic heterocycles. The summed E-state index contributed by atoms with van der Waals surface area (Å²) in [6.45, 7) is 16.3. The second-order valence-corrected chi connectivity index (χ2v) is 29.8. The number of hydrogen-bond donors (Lipinski definition) is 6. The zero-order valence-corrected chi connectivity index (χ0v) is 59.8. The van der Waals surface area contributed by atoms with E-state index in [1.165, 1.54) is 62.4 Å². The molecule has 1 aliphatic carbocycles. The van der Waals surface area contributed by atoms with Crippen LogP contribution < -0.4 is 40.9 Å². The fraction of sp³-hybridized carbons (Fsp3) is 0.388. The lowest BCUT2D eigenvalue weighted by Crippen LogP contribution is -2.30. The van der Waals surface area contributed by atoms with Crippen LogP contribution in [0.25, 0.3) is 12.2 Å². The van der Waals surface area contributed by atoms with Gasteiger partial charge < -0.3 is 40.9 Å². The molecule has 2 amide bonds. The van der Waals surface area contributed by atoms with E-state index < -0.39 is 53.4 Å². The van der Waals surface area contributed by atoms with Gasteiger partial charge in [-0.3, -0.25) is 28.3 Å². The lowest BCUT2D eigenvalue weighted by atomic mass is 10.0. The number of hydrogen-bond acceptors (Lipinski definition) is 26. The Morgan fingerprint density at radius 2 is 0.949 bits per heavy atom. The Bertz CT molecular complexity index is 4210. The van der Waals surface area contributed by atoms with Crippen LogP contribution in [0, 0.1) is 0 Å². The molecule has 6 N–H and O–H groups in total. The van der Waals surface area contributed by atoms with Gasteiger partial charge in [-0.1, -0.05) is 65.8 Å². The molecule has 0 spiro atoms. The van der Waals surface area contributed by atoms with Crippen LogP contribution in [0.1, 0.15) is 122 Å². The number of benzene rings is 4. The molecule has 99 heavy (non-hydrogen) atoms. The summed E-state index contributed by atoms with van der Waals surface area (Å²) in [7, 11) is -9.16. The summed E-state index contributed by atoms with van der Waals surface area (Å²) in [6.07, 6.45) is 13.9. The lowest BCUT2D eigenvalue weighted by molar-refractivity contribution is -0.120. The minimum Gasteiger partial charge on any atom is -0.372 e. The number of carbonyl (C=O) groups excluding carboxylic acids is 4. The number of amides is 2. The monoisotopic (exact) mass is 1440 g/mol. The molecule has 10 rings (SSSR count). The summed E-state index contributed by atoms with van der Waals surface area (Å²) in [4.78, 5) is 87.8. The maximum atomic E-state index is 13.8. The molecule has 1 saturated carbocycles. The van der Waals surface area contributed by atoms with E-state index >= 15 is 0 Å². The second kappa shape index (κ2) is 33.3. The van der Waals surface area contributed by atoms with Gasteiger partial charge in [-0.2, -0.15) is 41.8 Å². The minimum atomic E-state index is -4.58. The molecular weight excluding hydrogens is 1360 g/mol. The normalized spacial score (nSPS) is 15.2. The van der Waals surface area contributed by atoms with E-state index in [2.05, 4.69) is 68.6 Å². The quantitative estimate of drug-likeness (QED) is 0.00872. The highest BCUT2D eigenvalue weighted by molar-refractivity contribution is 7.99. The van der Waals surface area contributed by atoms with E-state index in [9.17, 15) is 45.1 Å². The summed E-state index contributed by atoms with van der Waals surface area (Å²) in [6, 6.07) is 21.7. The van der Waals surface area contributed by atoms with Crippen LogP contribution in [-0.2, 0) is 39.4 Å². The number of thioether (sulfide) groups is 1. The van der Waals surface area contributed by atoms with Gasteiger partial charge in [-0.15, -0.1) is 20.5 Å². The number of thiazole rings is 2. The molecular formula is C67H79N17O10S5. The Morgan fingerprint density at radius 3 is 1.33 bits per heavy atom. The van der Waals surface area contributed by atoms with Gasteiger partial charge in [0.1, 0.15) is 23.0 Å². The number of Topliss-reactive ketones (excluding diaryl/α,β-unsaturated/α-hetero) is 2. The van der Waals surface area contributed by atoms with Crippen LogP contribution >= 0.6 is 34.4 Å². The van der Waals surface area contributed by atoms with E-state index in [0.29, 0.717) is 102 Å². The van der Waals surface area contributed by atoms with Gasteiger partial charge in [-0.05, 0) is 178 Å². The number of piperidine rings is 2. The van der Waals surface area contributed by atoms with Crippen LogP contribution in [0.15, 0.2) is 131 Å². The Morgan fingerprint density at radius 1 is 0.545 bits per heavy atom. The average molecular weight is 1440 g/mol. The lowest BCUT2D eigenvalue weighted by Gasteiger charge is -2.27. The predicted molar refractivity (Wildman–Crippen MR) is 391 cm³/mol. The maximum Gasteiger partial charge on any atom is 0.294 e. The van der Waals surface area contributed by atoms with Crippen molar-refractivity contribution in [3.8, 4) is 0 Å². The first-order valence-corrected chi connectivity index (χ1v) is 38.3. The first-order valence-electron chi connectivity index (χ1n) is 32.9. The standard InChI is InChI=1S/C67H79N17O10S5/c1-7-81(8-2)46-28-30-53(77-79-66-72-59(83-32-16-12-17-33-83)57(96-66)40-51(42(5)85)61(87)68-44-22-20-26-49(36-44)98(89,90)91)55(38-46)70-63-74-64(76-65(75-63)95-48-24-14-11-15-25-48)71-56-39-47(82(9-3)10-4)29-31-54(56)78-80-67-73-60(84-34-18-13-19-35-84)58(97-67)41-52(43(6)86)62(88)69-45-23-21-27-50(37-45)99(92,93)94/h20-23,26-31,36-41,48H,7-19,24-25,32-35H2,1-6H3,(H,68,87)(H,69,88)(H,89,90,91)(H,92,93,94)(H2,70,71,74,75,76)/b51-40-,52-41+,79-77?,80-78?. The zero-order valence-electron chi connectivity index (χ0n) is 55.8. The Hall–Kier alpha value is -8.92. The van der Waals surface area contributed by atoms with Crippen molar-refractivity contribution in [2.75, 3.05) is 93.2 Å². The Labute approximate surface area is 587 Å². The highest BCUT2D eigenvalue weighted by Crippen LogP contribution is 2.42. The third-order valence-corrected chi connectivity index (χ3v) is 21.4. The molecule has 32 heteroatoms. The molecule has 7 aromatic rings. The highest BCUT2D eigenvalue weighted by Gasteiger charge is 2.27. The summed E-state index contributed by atoms with van der Waals surface area (Å²) in [5.41, 5.74) is 3.29. The van der Waals surface area contributed by atoms with Crippen molar-refractivity contribution in [2.45, 2.75) is 132 Å². The van der Waals surface area contributed by atoms with Crippen molar-refractivity contribution in [1.82, 2.24) is 24.9 Å². The molecule has 5 heterocycles. The molecule has 4 aromatic carbocycles. The van der Waals surface area contributed by atoms with Crippen LogP contribution in [0.5, 0.6) is 0 Å². The first kappa shape index (κ1) is 72.8. The van der Waals surface area contributed by atoms with Crippen LogP contribution in [0.2, 0.25) is 0 Å². The van der Waals surface area contributed by atoms with Gasteiger partial charge in [0.2, 0.25) is 22.2 Å². The van der Waals surface area contributed by atoms with Gasteiger partial charge in [0.15, 0.2) is 16.7 Å². The molecule has 0 atom stereocenters. The summed E-state index contributed by atoms with van der Waals surface area (Å²) < 4.78 is 67.0. The number of azo groups is 2. The summed E-state index contributed by atoms with van der Waals surface area (Å²) in [5.74, 6) is -1.25. The smallest absolute Gasteiger partial charge is 0.294 e. The predicted octanol–water partition coefficient (Wildman–Crippen LogP) is 14.9. The number of rotatable bonds is 28. The van der Waals surface area contributed by atoms with Crippen molar-refractivity contribution in [3.05, 3.63) is 106 Å². The highest BCUT2D eigenvalue weighted by atomic mass is 32.2. The number of carbonyl (C=O) groups is 4. The van der Waals surface area contributed by atoms with Crippen molar-refractivity contribution >= 4 is 169 Å². The molecule has 27 nitrogen and oxygen atoms in total. The van der Waals surface area contributed by atoms with Crippen molar-refractivity contribution in [3.63, 3.8) is 0 Å². The molecule has 3 aromatic heterocycles. The van der Waals surface area contributed by atoms with Gasteiger partial charge in [0.25, 0.3) is 32.1 Å². The van der Waals surface area contributed by atoms with Crippen molar-refractivity contribution < 1.29 is 45.1 Å². The molecule has 0 unspecified atom stereocenters. The fourth-order valence-corrected chi connectivity index (χ4v) is 15.5. The maximum absolute atomic E-state index is 13.8. The summed E-state index contributed by atoms with van der Waals surface area (Å²) in [5, 5.41) is 32.4. The first-order chi connectivity index (χ1) is 47.5. The van der Waals surface area contributed by atoms with Crippen LogP contribution in [-0.4, -0.2) is 132 Å². The molecule has 522 valence electrons. The van der Waals surface area contributed by atoms with E-state index in [-0.39, 0.29) is 49.9 Å². The molecule has 0 bridgehead atoms. The number of anilines is 10. The average Bonchev–Trinajstić information content (AvgIpc) is 1.79. The van der Waals surface area contributed by atoms with E-state index in [4.69, 9.17) is 45.4 Å². The molecule has 0 radical (unpaired) electrons. The van der Waals surface area contributed by atoms with Gasteiger partial charge in [0.05, 0.1) is 42.1 Å². The third-order valence-electron chi connectivity index (χ3n) is 16.8. The number of ketones is 2. The largest absolute Gasteiger partial charge is 0.372 e. The van der Waals surface area contributed by atoms with Gasteiger partial charge >= 0.3 is 0 Å². The Balaban J connectivity index is 1.00. The van der Waals surface area contributed by atoms with Crippen molar-refractivity contribution in [2.24, 2.45) is 20.5 Å². The number of aromatic nitrogens is 5. The minimum absolute atomic E-state index is 0.0533. The molecule has 2 saturated heterocycles. The van der Waals surface area contributed by atoms with Crippen LogP contribution in [0.4, 0.5) is 79.3 Å². The van der Waals surface area contributed by atoms with E-state index in [0.717, 1.165) is 117 Å². The van der Waals surface area contributed by atoms with Crippen LogP contribution in [0.3, 0.4) is 0 Å². The topological polar surface area (TPSA) is 352 Å². The fourth-order valence-electron chi connectivity index (χ4n) is 11.6. The zero-order chi connectivity index (χ0) is 70.4. The SMILES string of the molecule is CCN(CC)c1ccc(N=Nc2nc(N3CCCCC3)c(/C=C(/C(C)=O)C(=O)Nc3cccc(S(=O)(=O)O)c3)s2)c(Nc2nc(Nc3cc(N(CC)CC)ccc3N=Nc3nc(N4CCCCC4)c(/C=C(\C(C)=O)C(=O)Nc4cccc(S(=O)(=O)O)c4)s3)nc(SC3CCCCC3)n2)c1. The van der Waals surface area contributed by atoms with E-state index in [1.807, 2.05) is 36.4 Å². The van der Waals surface area contributed by atoms with Crippen molar-refractivity contribution in [1.29, 1.82) is 0 Å². The van der Waals surface area contributed by atoms with Gasteiger partial charge in [-0.25, -0.2) is 0 Å². The van der Waals surface area contributed by atoms with Gasteiger partial charge in [0, 0.05) is 80.4 Å². The third kappa shape index (κ3) is 19.3. The Kier molecular flexibility index (Phi) is 24.5. The number of nitrogens with zero attached hydrogens (tertiary/aromatic N) is 13. The summed E-state index contributed by atoms with van der Waals surface area (Å²) >= 11 is 3.87. The second-order valence-electron chi connectivity index (χ2n) is 23.6.